The molecule has 0 bridgehead atoms. The summed E-state index contributed by atoms with van der Waals surface area (Å²) in [4.78, 5) is 25.9. The fourth-order valence-corrected chi connectivity index (χ4v) is 3.03. The van der Waals surface area contributed by atoms with Crippen LogP contribution in [-0.2, 0) is 13.5 Å². The van der Waals surface area contributed by atoms with Gasteiger partial charge in [0.1, 0.15) is 0 Å². The lowest BCUT2D eigenvalue weighted by Gasteiger charge is -2.32. The molecule has 0 saturated carbocycles. The minimum atomic E-state index is -0.104. The Hall–Kier alpha value is -2.37. The molecule has 6 heteroatoms. The number of hydrogen-bond acceptors (Lipinski definition) is 3. The first-order valence-corrected chi connectivity index (χ1v) is 7.57. The maximum atomic E-state index is 12.6. The van der Waals surface area contributed by atoms with Gasteiger partial charge >= 0.3 is 0 Å². The predicted octanol–water partition coefficient (Wildman–Crippen LogP) is 1.20. The van der Waals surface area contributed by atoms with E-state index in [2.05, 4.69) is 10.2 Å². The number of amides is 1. The molecule has 0 radical (unpaired) electrons. The summed E-state index contributed by atoms with van der Waals surface area (Å²) < 4.78 is 1.44. The van der Waals surface area contributed by atoms with Crippen LogP contribution >= 0.6 is 0 Å². The van der Waals surface area contributed by atoms with Crippen LogP contribution in [0.5, 0.6) is 0 Å². The standard InChI is InChI=1S/C16H20N4O2/c1-19-11-13(4-5-15(19)21)16(22)20-8-2-3-12(10-20)9-14-6-7-17-18-14/h4-7,11-12H,2-3,8-10H2,1H3,(H,17,18). The normalized spacial score (nSPS) is 18.4. The molecule has 1 saturated heterocycles. The first-order chi connectivity index (χ1) is 10.6. The van der Waals surface area contributed by atoms with Crippen molar-refractivity contribution in [3.05, 3.63) is 52.2 Å². The number of aromatic nitrogens is 3. The highest BCUT2D eigenvalue weighted by molar-refractivity contribution is 5.94. The van der Waals surface area contributed by atoms with Gasteiger partial charge in [0.05, 0.1) is 5.56 Å². The second kappa shape index (κ2) is 6.17. The van der Waals surface area contributed by atoms with E-state index >= 15 is 0 Å². The van der Waals surface area contributed by atoms with E-state index in [0.717, 1.165) is 38.0 Å². The molecule has 2 aromatic heterocycles. The molecule has 2 aromatic rings. The maximum Gasteiger partial charge on any atom is 0.255 e. The molecular formula is C16H20N4O2. The smallest absolute Gasteiger partial charge is 0.255 e. The minimum absolute atomic E-state index is 0.00455. The number of piperidine rings is 1. The number of aromatic amines is 1. The topological polar surface area (TPSA) is 71.0 Å². The Kier molecular flexibility index (Phi) is 4.09. The minimum Gasteiger partial charge on any atom is -0.338 e. The summed E-state index contributed by atoms with van der Waals surface area (Å²) >= 11 is 0. The van der Waals surface area contributed by atoms with Crippen LogP contribution in [0.15, 0.2) is 35.4 Å². The second-order valence-electron chi connectivity index (χ2n) is 5.91. The summed E-state index contributed by atoms with van der Waals surface area (Å²) in [7, 11) is 1.66. The van der Waals surface area contributed by atoms with Gasteiger partial charge < -0.3 is 9.47 Å². The molecule has 1 unspecified atom stereocenters. The van der Waals surface area contributed by atoms with E-state index in [4.69, 9.17) is 0 Å². The highest BCUT2D eigenvalue weighted by atomic mass is 16.2. The van der Waals surface area contributed by atoms with Crippen LogP contribution in [0.1, 0.15) is 28.9 Å². The van der Waals surface area contributed by atoms with Crippen LogP contribution in [0.3, 0.4) is 0 Å². The Morgan fingerprint density at radius 2 is 2.27 bits per heavy atom. The molecule has 0 aromatic carbocycles. The summed E-state index contributed by atoms with van der Waals surface area (Å²) in [5, 5.41) is 6.95. The van der Waals surface area contributed by atoms with Crippen molar-refractivity contribution in [3.8, 4) is 0 Å². The van der Waals surface area contributed by atoms with E-state index in [1.165, 1.54) is 10.6 Å². The Bertz CT molecular complexity index is 705. The highest BCUT2D eigenvalue weighted by Gasteiger charge is 2.25. The van der Waals surface area contributed by atoms with Crippen LogP contribution in [-0.4, -0.2) is 38.7 Å². The van der Waals surface area contributed by atoms with Crippen molar-refractivity contribution in [2.45, 2.75) is 19.3 Å². The van der Waals surface area contributed by atoms with Crippen LogP contribution in [0, 0.1) is 5.92 Å². The summed E-state index contributed by atoms with van der Waals surface area (Å²) in [6.07, 6.45) is 6.41. The van der Waals surface area contributed by atoms with E-state index in [1.54, 1.807) is 25.5 Å². The number of aryl methyl sites for hydroxylation is 1. The molecule has 6 nitrogen and oxygen atoms in total. The monoisotopic (exact) mass is 300 g/mol. The number of rotatable bonds is 3. The van der Waals surface area contributed by atoms with Crippen LogP contribution < -0.4 is 5.56 Å². The van der Waals surface area contributed by atoms with Gasteiger partial charge in [-0.3, -0.25) is 14.7 Å². The van der Waals surface area contributed by atoms with E-state index in [-0.39, 0.29) is 11.5 Å². The largest absolute Gasteiger partial charge is 0.338 e. The molecule has 0 spiro atoms. The lowest BCUT2D eigenvalue weighted by molar-refractivity contribution is 0.0672. The van der Waals surface area contributed by atoms with Gasteiger partial charge in [0, 0.05) is 44.3 Å². The summed E-state index contributed by atoms with van der Waals surface area (Å²) in [6, 6.07) is 5.04. The zero-order valence-corrected chi connectivity index (χ0v) is 12.7. The molecule has 1 atom stereocenters. The molecule has 1 fully saturated rings. The quantitative estimate of drug-likeness (QED) is 0.926. The molecule has 3 rings (SSSR count). The fourth-order valence-electron chi connectivity index (χ4n) is 3.03. The predicted molar refractivity (Wildman–Crippen MR) is 82.6 cm³/mol. The van der Waals surface area contributed by atoms with Crippen molar-refractivity contribution in [2.75, 3.05) is 13.1 Å². The third-order valence-electron chi connectivity index (χ3n) is 4.21. The van der Waals surface area contributed by atoms with Gasteiger partial charge in [0.25, 0.3) is 5.91 Å². The number of likely N-dealkylation sites (tertiary alicyclic amines) is 1. The molecule has 1 N–H and O–H groups in total. The first-order valence-electron chi connectivity index (χ1n) is 7.57. The van der Waals surface area contributed by atoms with Gasteiger partial charge in [-0.15, -0.1) is 0 Å². The third kappa shape index (κ3) is 3.10. The van der Waals surface area contributed by atoms with E-state index in [0.29, 0.717) is 11.5 Å². The fraction of sp³-hybridized carbons (Fsp3) is 0.438. The second-order valence-corrected chi connectivity index (χ2v) is 5.91. The Morgan fingerprint density at radius 1 is 1.41 bits per heavy atom. The zero-order chi connectivity index (χ0) is 15.5. The number of nitrogens with one attached hydrogen (secondary N) is 1. The van der Waals surface area contributed by atoms with E-state index in [9.17, 15) is 9.59 Å². The Labute approximate surface area is 128 Å². The number of carbonyl (C=O) groups excluding carboxylic acids is 1. The molecule has 1 aliphatic rings. The lowest BCUT2D eigenvalue weighted by Crippen LogP contribution is -2.40. The number of carbonyl (C=O) groups is 1. The van der Waals surface area contributed by atoms with Crippen LogP contribution in [0.25, 0.3) is 0 Å². The van der Waals surface area contributed by atoms with E-state index < -0.39 is 0 Å². The molecule has 3 heterocycles. The SMILES string of the molecule is Cn1cc(C(=O)N2CCCC(Cc3ccn[nH]3)C2)ccc1=O. The molecular weight excluding hydrogens is 280 g/mol. The number of H-pyrrole nitrogens is 1. The number of pyridine rings is 1. The molecule has 1 amide bonds. The number of nitrogens with zero attached hydrogens (tertiary/aromatic N) is 3. The van der Waals surface area contributed by atoms with Crippen molar-refractivity contribution >= 4 is 5.91 Å². The molecule has 22 heavy (non-hydrogen) atoms. The average molecular weight is 300 g/mol. The first kappa shape index (κ1) is 14.6. The number of hydrogen-bond donors (Lipinski definition) is 1. The average Bonchev–Trinajstić information content (AvgIpc) is 3.02. The zero-order valence-electron chi connectivity index (χ0n) is 12.7. The highest BCUT2D eigenvalue weighted by Crippen LogP contribution is 2.21. The summed E-state index contributed by atoms with van der Waals surface area (Å²) in [5.41, 5.74) is 1.58. The summed E-state index contributed by atoms with van der Waals surface area (Å²) in [6.45, 7) is 1.53. The van der Waals surface area contributed by atoms with Gasteiger partial charge in [0.15, 0.2) is 0 Å². The van der Waals surface area contributed by atoms with Gasteiger partial charge in [-0.05, 0) is 37.3 Å². The Balaban J connectivity index is 1.69. The molecule has 1 aliphatic heterocycles. The Morgan fingerprint density at radius 3 is 3.00 bits per heavy atom. The lowest BCUT2D eigenvalue weighted by atomic mass is 9.93. The van der Waals surface area contributed by atoms with Gasteiger partial charge in [0.2, 0.25) is 5.56 Å². The van der Waals surface area contributed by atoms with Gasteiger partial charge in [-0.1, -0.05) is 0 Å². The van der Waals surface area contributed by atoms with Crippen molar-refractivity contribution in [1.29, 1.82) is 0 Å². The van der Waals surface area contributed by atoms with Crippen LogP contribution in [0.2, 0.25) is 0 Å². The van der Waals surface area contributed by atoms with Crippen molar-refractivity contribution in [2.24, 2.45) is 13.0 Å². The van der Waals surface area contributed by atoms with Crippen molar-refractivity contribution in [1.82, 2.24) is 19.7 Å². The van der Waals surface area contributed by atoms with Gasteiger partial charge in [-0.2, -0.15) is 5.10 Å². The van der Waals surface area contributed by atoms with Crippen LogP contribution in [0.4, 0.5) is 0 Å². The molecule has 0 aliphatic carbocycles. The van der Waals surface area contributed by atoms with Gasteiger partial charge in [-0.25, -0.2) is 0 Å². The van der Waals surface area contributed by atoms with Crippen molar-refractivity contribution in [3.63, 3.8) is 0 Å². The van der Waals surface area contributed by atoms with E-state index in [1.807, 2.05) is 11.0 Å². The maximum absolute atomic E-state index is 12.6. The molecule has 116 valence electrons. The summed E-state index contributed by atoms with van der Waals surface area (Å²) in [5.74, 6) is 0.454. The van der Waals surface area contributed by atoms with Crippen molar-refractivity contribution < 1.29 is 4.79 Å². The third-order valence-corrected chi connectivity index (χ3v) is 4.21.